The number of benzene rings is 1. The first-order valence-electron chi connectivity index (χ1n) is 5.50. The van der Waals surface area contributed by atoms with Crippen molar-refractivity contribution in [2.45, 2.75) is 13.0 Å². The number of carbonyl (C=O) groups excluding carboxylic acids is 3. The highest BCUT2D eigenvalue weighted by atomic mass is 35.5. The van der Waals surface area contributed by atoms with Gasteiger partial charge in [0.25, 0.3) is 5.91 Å². The summed E-state index contributed by atoms with van der Waals surface area (Å²) in [4.78, 5) is 36.3. The fraction of sp³-hybridized carbons (Fsp3) is 0.250. The molecular weight excluding hydrogens is 291 g/mol. The standard InChI is InChI=1S/C12H10Cl2N2O3/c1-6-11(18)15-10(17)5-16(6)12(19)7-2-3-8(13)9(14)4-7/h2-4,6H,5H2,1H3,(H,15,17,18). The molecular formula is C12H10Cl2N2O3. The first-order valence-corrected chi connectivity index (χ1v) is 6.25. The number of carbonyl (C=O) groups is 3. The number of piperazine rings is 1. The van der Waals surface area contributed by atoms with Crippen LogP contribution >= 0.6 is 23.2 Å². The molecule has 19 heavy (non-hydrogen) atoms. The van der Waals surface area contributed by atoms with E-state index in [4.69, 9.17) is 23.2 Å². The molecule has 3 amide bonds. The lowest BCUT2D eigenvalue weighted by Crippen LogP contribution is -2.58. The third-order valence-electron chi connectivity index (χ3n) is 2.85. The van der Waals surface area contributed by atoms with Crippen molar-refractivity contribution in [2.75, 3.05) is 6.54 Å². The average Bonchev–Trinajstić information content (AvgIpc) is 2.36. The van der Waals surface area contributed by atoms with E-state index in [1.807, 2.05) is 0 Å². The lowest BCUT2D eigenvalue weighted by Gasteiger charge is -2.31. The van der Waals surface area contributed by atoms with Crippen LogP contribution in [0.3, 0.4) is 0 Å². The number of amides is 3. The van der Waals surface area contributed by atoms with Crippen molar-refractivity contribution < 1.29 is 14.4 Å². The van der Waals surface area contributed by atoms with Gasteiger partial charge < -0.3 is 4.90 Å². The summed E-state index contributed by atoms with van der Waals surface area (Å²) in [5.74, 6) is -1.43. The van der Waals surface area contributed by atoms with E-state index < -0.39 is 23.8 Å². The highest BCUT2D eigenvalue weighted by Gasteiger charge is 2.34. The second-order valence-electron chi connectivity index (χ2n) is 4.15. The minimum absolute atomic E-state index is 0.161. The van der Waals surface area contributed by atoms with E-state index in [2.05, 4.69) is 5.32 Å². The van der Waals surface area contributed by atoms with Crippen molar-refractivity contribution in [2.24, 2.45) is 0 Å². The Morgan fingerprint density at radius 2 is 2.00 bits per heavy atom. The molecule has 0 radical (unpaired) electrons. The molecule has 100 valence electrons. The zero-order valence-electron chi connectivity index (χ0n) is 9.94. The van der Waals surface area contributed by atoms with Crippen LogP contribution in [0.5, 0.6) is 0 Å². The monoisotopic (exact) mass is 300 g/mol. The number of nitrogens with zero attached hydrogens (tertiary/aromatic N) is 1. The Balaban J connectivity index is 2.29. The van der Waals surface area contributed by atoms with Crippen molar-refractivity contribution >= 4 is 40.9 Å². The van der Waals surface area contributed by atoms with Gasteiger partial charge in [-0.1, -0.05) is 23.2 Å². The molecule has 1 saturated heterocycles. The third-order valence-corrected chi connectivity index (χ3v) is 3.59. The van der Waals surface area contributed by atoms with Crippen molar-refractivity contribution in [3.05, 3.63) is 33.8 Å². The maximum atomic E-state index is 12.3. The molecule has 0 aliphatic carbocycles. The molecule has 0 spiro atoms. The summed E-state index contributed by atoms with van der Waals surface area (Å²) in [5.41, 5.74) is 0.281. The summed E-state index contributed by atoms with van der Waals surface area (Å²) < 4.78 is 0. The molecule has 7 heteroatoms. The highest BCUT2D eigenvalue weighted by Crippen LogP contribution is 2.23. The van der Waals surface area contributed by atoms with Gasteiger partial charge in [-0.25, -0.2) is 0 Å². The molecule has 0 aromatic heterocycles. The van der Waals surface area contributed by atoms with Gasteiger partial charge in [0.05, 0.1) is 10.0 Å². The zero-order valence-corrected chi connectivity index (χ0v) is 11.5. The fourth-order valence-corrected chi connectivity index (χ4v) is 2.06. The Kier molecular flexibility index (Phi) is 3.78. The van der Waals surface area contributed by atoms with E-state index in [-0.39, 0.29) is 17.1 Å². The van der Waals surface area contributed by atoms with E-state index in [0.29, 0.717) is 5.02 Å². The highest BCUT2D eigenvalue weighted by molar-refractivity contribution is 6.42. The lowest BCUT2D eigenvalue weighted by atomic mass is 10.1. The predicted molar refractivity (Wildman–Crippen MR) is 70.1 cm³/mol. The molecule has 0 saturated carbocycles. The summed E-state index contributed by atoms with van der Waals surface area (Å²) in [6, 6.07) is 3.70. The molecule has 1 aliphatic heterocycles. The van der Waals surface area contributed by atoms with Gasteiger partial charge in [0.2, 0.25) is 11.8 Å². The van der Waals surface area contributed by atoms with Crippen molar-refractivity contribution in [1.82, 2.24) is 10.2 Å². The molecule has 0 bridgehead atoms. The second kappa shape index (κ2) is 5.19. The van der Waals surface area contributed by atoms with Gasteiger partial charge in [-0.15, -0.1) is 0 Å². The van der Waals surface area contributed by atoms with Crippen molar-refractivity contribution in [3.63, 3.8) is 0 Å². The molecule has 1 aromatic carbocycles. The summed E-state index contributed by atoms with van der Waals surface area (Å²) >= 11 is 11.6. The summed E-state index contributed by atoms with van der Waals surface area (Å²) in [6.07, 6.45) is 0. The number of hydrogen-bond acceptors (Lipinski definition) is 3. The van der Waals surface area contributed by atoms with Crippen LogP contribution in [-0.2, 0) is 9.59 Å². The summed E-state index contributed by atoms with van der Waals surface area (Å²) in [6.45, 7) is 1.39. The Morgan fingerprint density at radius 1 is 1.32 bits per heavy atom. The fourth-order valence-electron chi connectivity index (χ4n) is 1.76. The smallest absolute Gasteiger partial charge is 0.255 e. The van der Waals surface area contributed by atoms with Crippen LogP contribution in [0.1, 0.15) is 17.3 Å². The van der Waals surface area contributed by atoms with Gasteiger partial charge >= 0.3 is 0 Å². The van der Waals surface area contributed by atoms with Gasteiger partial charge in [-0.3, -0.25) is 19.7 Å². The summed E-state index contributed by atoms with van der Waals surface area (Å²) in [5, 5.41) is 2.74. The molecule has 1 unspecified atom stereocenters. The van der Waals surface area contributed by atoms with Crippen LogP contribution < -0.4 is 5.32 Å². The predicted octanol–water partition coefficient (Wildman–Crippen LogP) is 1.48. The molecule has 1 aromatic rings. The first-order chi connectivity index (χ1) is 8.90. The maximum Gasteiger partial charge on any atom is 0.255 e. The average molecular weight is 301 g/mol. The van der Waals surface area contributed by atoms with Crippen molar-refractivity contribution in [1.29, 1.82) is 0 Å². The molecule has 1 N–H and O–H groups in total. The number of hydrogen-bond donors (Lipinski definition) is 1. The van der Waals surface area contributed by atoms with Gasteiger partial charge in [0.1, 0.15) is 12.6 Å². The summed E-state index contributed by atoms with van der Waals surface area (Å²) in [7, 11) is 0. The Bertz CT molecular complexity index is 574. The molecule has 1 fully saturated rings. The van der Waals surface area contributed by atoms with Crippen molar-refractivity contribution in [3.8, 4) is 0 Å². The van der Waals surface area contributed by atoms with Gasteiger partial charge in [0, 0.05) is 5.56 Å². The Morgan fingerprint density at radius 3 is 2.63 bits per heavy atom. The van der Waals surface area contributed by atoms with Crippen LogP contribution in [0.4, 0.5) is 0 Å². The Labute approximate surface area is 119 Å². The maximum absolute atomic E-state index is 12.3. The van der Waals surface area contributed by atoms with Crippen LogP contribution in [-0.4, -0.2) is 35.2 Å². The number of imide groups is 1. The van der Waals surface area contributed by atoms with E-state index in [1.54, 1.807) is 6.92 Å². The van der Waals surface area contributed by atoms with Gasteiger partial charge in [-0.2, -0.15) is 0 Å². The van der Waals surface area contributed by atoms with Crippen LogP contribution in [0.15, 0.2) is 18.2 Å². The van der Waals surface area contributed by atoms with Gasteiger partial charge in [-0.05, 0) is 25.1 Å². The molecule has 1 aliphatic rings. The Hall–Kier alpha value is -1.59. The topological polar surface area (TPSA) is 66.5 Å². The molecule has 2 rings (SSSR count). The van der Waals surface area contributed by atoms with E-state index >= 15 is 0 Å². The minimum atomic E-state index is -0.709. The quantitative estimate of drug-likeness (QED) is 0.799. The van der Waals surface area contributed by atoms with Crippen LogP contribution in [0.25, 0.3) is 0 Å². The minimum Gasteiger partial charge on any atom is -0.318 e. The van der Waals surface area contributed by atoms with Crippen LogP contribution in [0, 0.1) is 0 Å². The third kappa shape index (κ3) is 2.72. The number of nitrogens with one attached hydrogen (secondary N) is 1. The zero-order chi connectivity index (χ0) is 14.2. The van der Waals surface area contributed by atoms with E-state index in [1.165, 1.54) is 23.1 Å². The van der Waals surface area contributed by atoms with Gasteiger partial charge in [0.15, 0.2) is 0 Å². The largest absolute Gasteiger partial charge is 0.318 e. The first kappa shape index (κ1) is 13.8. The SMILES string of the molecule is CC1C(=O)NC(=O)CN1C(=O)c1ccc(Cl)c(Cl)c1. The van der Waals surface area contributed by atoms with E-state index in [0.717, 1.165) is 0 Å². The molecule has 1 heterocycles. The number of halogens is 2. The lowest BCUT2D eigenvalue weighted by molar-refractivity contribution is -0.138. The molecule has 5 nitrogen and oxygen atoms in total. The second-order valence-corrected chi connectivity index (χ2v) is 4.96. The normalized spacial score (nSPS) is 19.3. The molecule has 1 atom stereocenters. The van der Waals surface area contributed by atoms with E-state index in [9.17, 15) is 14.4 Å². The van der Waals surface area contributed by atoms with Crippen LogP contribution in [0.2, 0.25) is 10.0 Å². The number of rotatable bonds is 1.